The quantitative estimate of drug-likeness (QED) is 0.540. The number of fused-ring (bicyclic) bond motifs is 1. The van der Waals surface area contributed by atoms with Crippen LogP contribution in [0.4, 0.5) is 5.69 Å². The molecule has 0 amide bonds. The van der Waals surface area contributed by atoms with Crippen molar-refractivity contribution in [2.45, 2.75) is 6.92 Å². The molecular weight excluding hydrogens is 244 g/mol. The Kier molecular flexibility index (Phi) is 3.46. The molecule has 0 aliphatic carbocycles. The summed E-state index contributed by atoms with van der Waals surface area (Å²) in [5.41, 5.74) is 6.40. The zero-order valence-electron chi connectivity index (χ0n) is 11.4. The molecule has 0 atom stereocenters. The molecule has 0 fully saturated rings. The third-order valence-electron chi connectivity index (χ3n) is 3.24. The van der Waals surface area contributed by atoms with Crippen molar-refractivity contribution in [1.82, 2.24) is 0 Å². The average Bonchev–Trinajstić information content (AvgIpc) is 2.48. The number of hydrazone groups is 1. The van der Waals surface area contributed by atoms with Crippen LogP contribution in [0, 0.1) is 6.92 Å². The molecule has 0 unspecified atom stereocenters. The van der Waals surface area contributed by atoms with Gasteiger partial charge >= 0.3 is 0 Å². The minimum absolute atomic E-state index is 1.00. The molecule has 2 nitrogen and oxygen atoms in total. The van der Waals surface area contributed by atoms with Crippen LogP contribution < -0.4 is 5.43 Å². The van der Waals surface area contributed by atoms with E-state index < -0.39 is 0 Å². The van der Waals surface area contributed by atoms with Crippen molar-refractivity contribution in [2.24, 2.45) is 5.10 Å². The molecule has 0 aliphatic rings. The Bertz CT molecular complexity index is 755. The van der Waals surface area contributed by atoms with Gasteiger partial charge in [-0.15, -0.1) is 0 Å². The van der Waals surface area contributed by atoms with Crippen LogP contribution in [0.5, 0.6) is 0 Å². The zero-order valence-corrected chi connectivity index (χ0v) is 11.4. The number of anilines is 1. The second kappa shape index (κ2) is 5.57. The van der Waals surface area contributed by atoms with Crippen LogP contribution in [-0.2, 0) is 0 Å². The molecule has 3 aromatic rings. The van der Waals surface area contributed by atoms with Gasteiger partial charge in [0.15, 0.2) is 0 Å². The highest BCUT2D eigenvalue weighted by Gasteiger charge is 1.96. The van der Waals surface area contributed by atoms with Gasteiger partial charge in [-0.3, -0.25) is 5.43 Å². The molecule has 2 heteroatoms. The molecule has 0 heterocycles. The van der Waals surface area contributed by atoms with Gasteiger partial charge in [-0.1, -0.05) is 54.6 Å². The van der Waals surface area contributed by atoms with E-state index in [2.05, 4.69) is 59.9 Å². The van der Waals surface area contributed by atoms with Crippen molar-refractivity contribution >= 4 is 22.7 Å². The first-order chi connectivity index (χ1) is 9.83. The molecular formula is C18H16N2. The van der Waals surface area contributed by atoms with Gasteiger partial charge in [-0.2, -0.15) is 5.10 Å². The first kappa shape index (κ1) is 12.4. The molecule has 98 valence electrons. The normalized spacial score (nSPS) is 11.1. The molecule has 3 rings (SSSR count). The molecule has 1 N–H and O–H groups in total. The third-order valence-corrected chi connectivity index (χ3v) is 3.24. The van der Waals surface area contributed by atoms with Crippen molar-refractivity contribution in [3.8, 4) is 0 Å². The summed E-state index contributed by atoms with van der Waals surface area (Å²) in [5, 5.41) is 6.77. The Labute approximate surface area is 118 Å². The van der Waals surface area contributed by atoms with E-state index >= 15 is 0 Å². The predicted molar refractivity (Wildman–Crippen MR) is 86.3 cm³/mol. The highest BCUT2D eigenvalue weighted by molar-refractivity contribution is 5.99. The van der Waals surface area contributed by atoms with E-state index in [-0.39, 0.29) is 0 Å². The van der Waals surface area contributed by atoms with Gasteiger partial charge in [0.2, 0.25) is 0 Å². The molecule has 0 saturated heterocycles. The minimum atomic E-state index is 1.00. The Morgan fingerprint density at radius 3 is 2.60 bits per heavy atom. The molecule has 0 saturated carbocycles. The second-order valence-electron chi connectivity index (χ2n) is 4.81. The van der Waals surface area contributed by atoms with E-state index in [0.717, 1.165) is 11.3 Å². The molecule has 0 aliphatic heterocycles. The summed E-state index contributed by atoms with van der Waals surface area (Å²) in [7, 11) is 0. The Balaban J connectivity index is 1.84. The Morgan fingerprint density at radius 2 is 1.70 bits per heavy atom. The lowest BCUT2D eigenvalue weighted by Crippen LogP contribution is -1.91. The van der Waals surface area contributed by atoms with Crippen LogP contribution in [0.3, 0.4) is 0 Å². The van der Waals surface area contributed by atoms with E-state index in [1.165, 1.54) is 16.3 Å². The van der Waals surface area contributed by atoms with E-state index in [1.807, 2.05) is 30.5 Å². The number of rotatable bonds is 3. The van der Waals surface area contributed by atoms with Crippen molar-refractivity contribution in [3.63, 3.8) is 0 Å². The number of benzene rings is 3. The lowest BCUT2D eigenvalue weighted by atomic mass is 10.1. The fraction of sp³-hybridized carbons (Fsp3) is 0.0556. The predicted octanol–water partition coefficient (Wildman–Crippen LogP) is 4.59. The topological polar surface area (TPSA) is 24.4 Å². The molecule has 3 aromatic carbocycles. The summed E-state index contributed by atoms with van der Waals surface area (Å²) in [6.45, 7) is 2.07. The summed E-state index contributed by atoms with van der Waals surface area (Å²) in [4.78, 5) is 0. The van der Waals surface area contributed by atoms with Crippen LogP contribution in [0.2, 0.25) is 0 Å². The second-order valence-corrected chi connectivity index (χ2v) is 4.81. The SMILES string of the molecule is Cc1cccc(N/N=C/c2cccc3ccccc23)c1. The first-order valence-corrected chi connectivity index (χ1v) is 6.66. The summed E-state index contributed by atoms with van der Waals surface area (Å²) < 4.78 is 0. The van der Waals surface area contributed by atoms with E-state index in [4.69, 9.17) is 0 Å². The molecule has 0 radical (unpaired) electrons. The van der Waals surface area contributed by atoms with Gasteiger partial charge in [0.05, 0.1) is 11.9 Å². The maximum Gasteiger partial charge on any atom is 0.0564 e. The average molecular weight is 260 g/mol. The zero-order chi connectivity index (χ0) is 13.8. The lowest BCUT2D eigenvalue weighted by Gasteiger charge is -2.03. The number of hydrogen-bond acceptors (Lipinski definition) is 2. The first-order valence-electron chi connectivity index (χ1n) is 6.66. The van der Waals surface area contributed by atoms with Crippen molar-refractivity contribution in [1.29, 1.82) is 0 Å². The summed E-state index contributed by atoms with van der Waals surface area (Å²) in [6.07, 6.45) is 1.87. The van der Waals surface area contributed by atoms with Gasteiger partial charge in [-0.05, 0) is 35.4 Å². The van der Waals surface area contributed by atoms with Crippen LogP contribution in [0.15, 0.2) is 71.8 Å². The standard InChI is InChI=1S/C18H16N2/c1-14-6-4-10-17(12-14)20-19-13-16-9-5-8-15-7-2-3-11-18(15)16/h2-13,20H,1H3/b19-13+. The number of nitrogens with one attached hydrogen (secondary N) is 1. The third kappa shape index (κ3) is 2.69. The summed E-state index contributed by atoms with van der Waals surface area (Å²) >= 11 is 0. The van der Waals surface area contributed by atoms with Gasteiger partial charge in [0, 0.05) is 5.56 Å². The van der Waals surface area contributed by atoms with Gasteiger partial charge < -0.3 is 0 Å². The maximum atomic E-state index is 4.33. The van der Waals surface area contributed by atoms with Crippen molar-refractivity contribution in [3.05, 3.63) is 77.9 Å². The minimum Gasteiger partial charge on any atom is -0.278 e. The molecule has 0 bridgehead atoms. The van der Waals surface area contributed by atoms with Gasteiger partial charge in [-0.25, -0.2) is 0 Å². The maximum absolute atomic E-state index is 4.33. The summed E-state index contributed by atoms with van der Waals surface area (Å²) in [5.74, 6) is 0. The van der Waals surface area contributed by atoms with Gasteiger partial charge in [0.25, 0.3) is 0 Å². The number of aryl methyl sites for hydroxylation is 1. The van der Waals surface area contributed by atoms with Crippen molar-refractivity contribution < 1.29 is 0 Å². The van der Waals surface area contributed by atoms with Crippen LogP contribution in [0.25, 0.3) is 10.8 Å². The van der Waals surface area contributed by atoms with E-state index in [9.17, 15) is 0 Å². The fourth-order valence-corrected chi connectivity index (χ4v) is 2.25. The van der Waals surface area contributed by atoms with Crippen LogP contribution in [-0.4, -0.2) is 6.21 Å². The monoisotopic (exact) mass is 260 g/mol. The largest absolute Gasteiger partial charge is 0.278 e. The van der Waals surface area contributed by atoms with Crippen molar-refractivity contribution in [2.75, 3.05) is 5.43 Å². The lowest BCUT2D eigenvalue weighted by molar-refractivity contribution is 1.33. The van der Waals surface area contributed by atoms with Gasteiger partial charge in [0.1, 0.15) is 0 Å². The summed E-state index contributed by atoms with van der Waals surface area (Å²) in [6, 6.07) is 22.7. The number of hydrogen-bond donors (Lipinski definition) is 1. The fourth-order valence-electron chi connectivity index (χ4n) is 2.25. The van der Waals surface area contributed by atoms with Crippen LogP contribution >= 0.6 is 0 Å². The smallest absolute Gasteiger partial charge is 0.0564 e. The molecule has 0 spiro atoms. The molecule has 0 aromatic heterocycles. The van der Waals surface area contributed by atoms with E-state index in [1.54, 1.807) is 0 Å². The van der Waals surface area contributed by atoms with Crippen LogP contribution in [0.1, 0.15) is 11.1 Å². The Morgan fingerprint density at radius 1 is 0.900 bits per heavy atom. The highest BCUT2D eigenvalue weighted by atomic mass is 15.3. The number of nitrogens with zero attached hydrogens (tertiary/aromatic N) is 1. The Hall–Kier alpha value is -2.61. The van der Waals surface area contributed by atoms with E-state index in [0.29, 0.717) is 0 Å². The molecule has 20 heavy (non-hydrogen) atoms. The highest BCUT2D eigenvalue weighted by Crippen LogP contribution is 2.17.